The number of carboxylic acids is 1. The van der Waals surface area contributed by atoms with Gasteiger partial charge in [-0.1, -0.05) is 0 Å². The number of hydrogen-bond donors (Lipinski definition) is 4. The van der Waals surface area contributed by atoms with Gasteiger partial charge in [-0.2, -0.15) is 0 Å². The molecule has 1 aromatic rings. The molecule has 2 atom stereocenters. The molecule has 20 heavy (non-hydrogen) atoms. The van der Waals surface area contributed by atoms with Gasteiger partial charge in [-0.15, -0.1) is 0 Å². The first-order valence-electron chi connectivity index (χ1n) is 5.02. The van der Waals surface area contributed by atoms with E-state index in [2.05, 4.69) is 9.05 Å². The molecule has 0 fully saturated rings. The molecule has 0 aliphatic carbocycles. The Kier molecular flexibility index (Phi) is 4.76. The van der Waals surface area contributed by atoms with Crippen molar-refractivity contribution in [1.29, 1.82) is 0 Å². The first-order valence-corrected chi connectivity index (χ1v) is 8.18. The molecule has 112 valence electrons. The molecule has 11 heteroatoms. The van der Waals surface area contributed by atoms with E-state index in [-0.39, 0.29) is 5.69 Å². The van der Waals surface area contributed by atoms with E-state index < -0.39 is 37.3 Å². The van der Waals surface area contributed by atoms with Gasteiger partial charge in [-0.3, -0.25) is 9.13 Å². The molecule has 0 saturated heterocycles. The summed E-state index contributed by atoms with van der Waals surface area (Å²) < 4.78 is 32.6. The molecule has 1 aromatic carbocycles. The van der Waals surface area contributed by atoms with E-state index in [1.54, 1.807) is 0 Å². The SMILES string of the molecule is COP(=O)(O)c1c(N)ccc(C(=O)O)c1P(=O)(O)OC. The van der Waals surface area contributed by atoms with Gasteiger partial charge in [0.25, 0.3) is 0 Å². The van der Waals surface area contributed by atoms with Crippen LogP contribution in [0.2, 0.25) is 0 Å². The fourth-order valence-corrected chi connectivity index (χ4v) is 4.32. The summed E-state index contributed by atoms with van der Waals surface area (Å²) in [6.45, 7) is 0. The lowest BCUT2D eigenvalue weighted by Gasteiger charge is -2.20. The third-order valence-corrected chi connectivity index (χ3v) is 5.72. The van der Waals surface area contributed by atoms with Gasteiger partial charge in [0.15, 0.2) is 0 Å². The molecule has 9 nitrogen and oxygen atoms in total. The van der Waals surface area contributed by atoms with Gasteiger partial charge in [0.2, 0.25) is 0 Å². The predicted molar refractivity (Wildman–Crippen MR) is 70.8 cm³/mol. The van der Waals surface area contributed by atoms with E-state index in [1.807, 2.05) is 0 Å². The smallest absolute Gasteiger partial charge is 0.361 e. The average Bonchev–Trinajstić information content (AvgIpc) is 2.37. The van der Waals surface area contributed by atoms with Gasteiger partial charge < -0.3 is 29.7 Å². The van der Waals surface area contributed by atoms with Gasteiger partial charge in [0, 0.05) is 19.9 Å². The molecule has 1 rings (SSSR count). The highest BCUT2D eigenvalue weighted by Gasteiger charge is 2.39. The van der Waals surface area contributed by atoms with Crippen molar-refractivity contribution in [3.63, 3.8) is 0 Å². The van der Waals surface area contributed by atoms with Crippen molar-refractivity contribution in [3.05, 3.63) is 17.7 Å². The van der Waals surface area contributed by atoms with Crippen molar-refractivity contribution in [1.82, 2.24) is 0 Å². The minimum absolute atomic E-state index is 0.357. The van der Waals surface area contributed by atoms with Crippen molar-refractivity contribution < 1.29 is 37.9 Å². The lowest BCUT2D eigenvalue weighted by Crippen LogP contribution is -2.33. The molecule has 0 aliphatic rings. The summed E-state index contributed by atoms with van der Waals surface area (Å²) in [5.41, 5.74) is 4.48. The fraction of sp³-hybridized carbons (Fsp3) is 0.222. The molecule has 2 unspecified atom stereocenters. The summed E-state index contributed by atoms with van der Waals surface area (Å²) in [6, 6.07) is 1.97. The lowest BCUT2D eigenvalue weighted by atomic mass is 10.2. The molecule has 0 saturated carbocycles. The van der Waals surface area contributed by atoms with Gasteiger partial charge >= 0.3 is 21.2 Å². The average molecular weight is 325 g/mol. The molecular weight excluding hydrogens is 312 g/mol. The van der Waals surface area contributed by atoms with Crippen molar-refractivity contribution >= 4 is 37.5 Å². The van der Waals surface area contributed by atoms with Crippen LogP contribution in [0.4, 0.5) is 5.69 Å². The van der Waals surface area contributed by atoms with Crippen LogP contribution in [0.25, 0.3) is 0 Å². The Morgan fingerprint density at radius 1 is 1.10 bits per heavy atom. The molecule has 5 N–H and O–H groups in total. The van der Waals surface area contributed by atoms with Crippen molar-refractivity contribution in [2.75, 3.05) is 20.0 Å². The van der Waals surface area contributed by atoms with Crippen LogP contribution in [-0.2, 0) is 18.2 Å². The minimum Gasteiger partial charge on any atom is -0.478 e. The number of anilines is 1. The molecule has 0 radical (unpaired) electrons. The number of rotatable bonds is 5. The van der Waals surface area contributed by atoms with Crippen LogP contribution in [0, 0.1) is 0 Å². The third kappa shape index (κ3) is 2.93. The van der Waals surface area contributed by atoms with E-state index >= 15 is 0 Å². The quantitative estimate of drug-likeness (QED) is 0.428. The second-order valence-corrected chi connectivity index (χ2v) is 7.32. The van der Waals surface area contributed by atoms with Crippen LogP contribution in [0.3, 0.4) is 0 Å². The third-order valence-electron chi connectivity index (χ3n) is 2.47. The van der Waals surface area contributed by atoms with E-state index in [0.717, 1.165) is 26.4 Å². The van der Waals surface area contributed by atoms with Gasteiger partial charge in [0.1, 0.15) is 5.30 Å². The first-order chi connectivity index (χ1) is 9.08. The standard InChI is InChI=1S/C9H13NO8P2/c1-17-19(13,14)7-5(9(11)12)3-4-6(10)8(7)20(15,16)18-2/h3-4H,10H2,1-2H3,(H,11,12)(H,13,14)(H,15,16). The molecule has 0 aromatic heterocycles. The van der Waals surface area contributed by atoms with Gasteiger partial charge in [0.05, 0.1) is 10.9 Å². The van der Waals surface area contributed by atoms with Crippen molar-refractivity contribution in [3.8, 4) is 0 Å². The Balaban J connectivity index is 3.92. The maximum atomic E-state index is 12.0. The Hall–Kier alpha value is -1.21. The van der Waals surface area contributed by atoms with Crippen molar-refractivity contribution in [2.45, 2.75) is 0 Å². The minimum atomic E-state index is -4.66. The number of hydrogen-bond acceptors (Lipinski definition) is 6. The molecule has 0 bridgehead atoms. The van der Waals surface area contributed by atoms with Crippen LogP contribution in [-0.4, -0.2) is 35.1 Å². The summed E-state index contributed by atoms with van der Waals surface area (Å²) in [5, 5.41) is 7.42. The Morgan fingerprint density at radius 2 is 1.55 bits per heavy atom. The van der Waals surface area contributed by atoms with E-state index in [9.17, 15) is 23.7 Å². The topological polar surface area (TPSA) is 156 Å². The monoisotopic (exact) mass is 325 g/mol. The molecular formula is C9H13NO8P2. The van der Waals surface area contributed by atoms with Crippen LogP contribution in [0.1, 0.15) is 10.4 Å². The number of benzene rings is 1. The highest BCUT2D eigenvalue weighted by molar-refractivity contribution is 7.68. The number of carboxylic acid groups (broad SMARTS) is 1. The number of nitrogen functional groups attached to an aromatic ring is 1. The van der Waals surface area contributed by atoms with Crippen LogP contribution >= 0.6 is 15.2 Å². The first kappa shape index (κ1) is 16.8. The van der Waals surface area contributed by atoms with E-state index in [0.29, 0.717) is 0 Å². The summed E-state index contributed by atoms with van der Waals surface area (Å²) in [7, 11) is -7.51. The normalized spacial score (nSPS) is 17.2. The largest absolute Gasteiger partial charge is 0.478 e. The zero-order valence-electron chi connectivity index (χ0n) is 10.5. The maximum absolute atomic E-state index is 12.0. The van der Waals surface area contributed by atoms with Crippen LogP contribution in [0.15, 0.2) is 12.1 Å². The highest BCUT2D eigenvalue weighted by atomic mass is 31.2. The molecule has 0 heterocycles. The Labute approximate surface area is 114 Å². The maximum Gasteiger partial charge on any atom is 0.361 e. The summed E-state index contributed by atoms with van der Waals surface area (Å²) >= 11 is 0. The Morgan fingerprint density at radius 3 is 1.95 bits per heavy atom. The highest BCUT2D eigenvalue weighted by Crippen LogP contribution is 2.48. The molecule has 0 amide bonds. The molecule has 0 aliphatic heterocycles. The van der Waals surface area contributed by atoms with E-state index in [1.165, 1.54) is 0 Å². The molecule has 0 spiro atoms. The lowest BCUT2D eigenvalue weighted by molar-refractivity contribution is 0.0698. The number of carbonyl (C=O) groups is 1. The summed E-state index contributed by atoms with van der Waals surface area (Å²) in [6.07, 6.45) is 0. The van der Waals surface area contributed by atoms with Gasteiger partial charge in [-0.05, 0) is 12.1 Å². The zero-order valence-corrected chi connectivity index (χ0v) is 12.3. The van der Waals surface area contributed by atoms with Gasteiger partial charge in [-0.25, -0.2) is 4.79 Å². The Bertz CT molecular complexity index is 643. The van der Waals surface area contributed by atoms with Crippen LogP contribution in [0.5, 0.6) is 0 Å². The zero-order chi connectivity index (χ0) is 15.7. The van der Waals surface area contributed by atoms with E-state index in [4.69, 9.17) is 10.8 Å². The second kappa shape index (κ2) is 5.65. The predicted octanol–water partition coefficient (Wildman–Crippen LogP) is -0.119. The second-order valence-electron chi connectivity index (χ2n) is 3.61. The number of aromatic carboxylic acids is 1. The summed E-state index contributed by atoms with van der Waals surface area (Å²) in [5.74, 6) is -1.58. The van der Waals surface area contributed by atoms with Crippen molar-refractivity contribution in [2.24, 2.45) is 0 Å². The van der Waals surface area contributed by atoms with Crippen LogP contribution < -0.4 is 16.3 Å². The number of nitrogens with two attached hydrogens (primary N) is 1. The fourth-order valence-electron chi connectivity index (χ4n) is 1.53. The summed E-state index contributed by atoms with van der Waals surface area (Å²) in [4.78, 5) is 30.5.